The molecule has 0 atom stereocenters. The van der Waals surface area contributed by atoms with Crippen molar-refractivity contribution in [3.05, 3.63) is 30.2 Å². The van der Waals surface area contributed by atoms with Gasteiger partial charge in [0, 0.05) is 0 Å². The van der Waals surface area contributed by atoms with Crippen molar-refractivity contribution in [3.8, 4) is 5.75 Å². The van der Waals surface area contributed by atoms with Gasteiger partial charge >= 0.3 is 7.32 Å². The fraction of sp³-hybridized carbons (Fsp3) is 0. The molecule has 10 heavy (non-hydrogen) atoms. The van der Waals surface area contributed by atoms with Crippen LogP contribution in [0.15, 0.2) is 30.2 Å². The van der Waals surface area contributed by atoms with Gasteiger partial charge in [0.2, 0.25) is 0 Å². The molecule has 1 rings (SSSR count). The Kier molecular flexibility index (Phi) is 0.954. The Morgan fingerprint density at radius 1 is 1.30 bits per heavy atom. The second kappa shape index (κ2) is 3.24. The highest BCUT2D eigenvalue weighted by atomic mass is 16.6. The number of hydrogen-bond acceptors (Lipinski definition) is 3. The molecule has 1 aromatic carbocycles. The third-order valence-corrected chi connectivity index (χ3v) is 0.700. The first-order valence-electron chi connectivity index (χ1n) is 4.96. The summed E-state index contributed by atoms with van der Waals surface area (Å²) in [6.07, 6.45) is 0. The van der Waals surface area contributed by atoms with Gasteiger partial charge in [-0.3, -0.25) is 0 Å². The molecule has 0 aliphatic rings. The van der Waals surface area contributed by atoms with Crippen LogP contribution in [-0.2, 0) is 0 Å². The molecule has 1 aromatic rings. The highest BCUT2D eigenvalue weighted by molar-refractivity contribution is 6.33. The van der Waals surface area contributed by atoms with Gasteiger partial charge < -0.3 is 14.7 Å². The van der Waals surface area contributed by atoms with E-state index in [0.29, 0.717) is 0 Å². The Hall–Kier alpha value is -0.995. The largest absolute Gasteiger partial charge is 0.707 e. The molecule has 0 bridgehead atoms. The maximum Gasteiger partial charge on any atom is 0.707 e. The van der Waals surface area contributed by atoms with Gasteiger partial charge in [0.05, 0.1) is 6.85 Å². The van der Waals surface area contributed by atoms with Crippen molar-refractivity contribution in [2.45, 2.75) is 0 Å². The van der Waals surface area contributed by atoms with Crippen molar-refractivity contribution in [2.75, 3.05) is 0 Å². The molecular weight excluding hydrogens is 131 g/mol. The zero-order valence-electron chi connectivity index (χ0n) is 9.88. The summed E-state index contributed by atoms with van der Waals surface area (Å²) in [5.74, 6) is -0.587. The second-order valence-electron chi connectivity index (χ2n) is 1.40. The van der Waals surface area contributed by atoms with Crippen molar-refractivity contribution < 1.29 is 21.6 Å². The summed E-state index contributed by atoms with van der Waals surface area (Å²) < 4.78 is 40.6. The van der Waals surface area contributed by atoms with Crippen LogP contribution in [-0.4, -0.2) is 17.4 Å². The van der Waals surface area contributed by atoms with Gasteiger partial charge in [-0.2, -0.15) is 0 Å². The number of hydrogen-bond donors (Lipinski definition) is 2. The number of benzene rings is 1. The summed E-state index contributed by atoms with van der Waals surface area (Å²) in [6.45, 7) is 0. The molecule has 0 radical (unpaired) electrons. The zero-order valence-corrected chi connectivity index (χ0v) is 4.88. The summed E-state index contributed by atoms with van der Waals surface area (Å²) in [7, 11) is -2.23. The van der Waals surface area contributed by atoms with Gasteiger partial charge in [-0.15, -0.1) is 0 Å². The molecule has 52 valence electrons. The molecule has 0 heterocycles. The Morgan fingerprint density at radius 2 is 1.90 bits per heavy atom. The zero-order chi connectivity index (χ0) is 11.7. The first-order chi connectivity index (χ1) is 6.86. The van der Waals surface area contributed by atoms with Crippen LogP contribution in [0.5, 0.6) is 5.75 Å². The Labute approximate surface area is 66.1 Å². The lowest BCUT2D eigenvalue weighted by molar-refractivity contribution is 0.288. The molecule has 0 saturated carbocycles. The van der Waals surface area contributed by atoms with Crippen LogP contribution in [0.3, 0.4) is 0 Å². The highest BCUT2D eigenvalue weighted by Gasteiger charge is 2.09. The van der Waals surface area contributed by atoms with Crippen LogP contribution in [0.25, 0.3) is 0 Å². The lowest BCUT2D eigenvalue weighted by atomic mass is 10.2. The van der Waals surface area contributed by atoms with Gasteiger partial charge in [-0.05, 0) is 12.1 Å². The summed E-state index contributed by atoms with van der Waals surface area (Å²) in [5.41, 5.74) is 0. The SMILES string of the molecule is [2H]c1c([2H])c([2H])c(OB(O)O)c([2H])c1[2H]. The number of para-hydroxylation sites is 1. The van der Waals surface area contributed by atoms with Crippen molar-refractivity contribution in [3.63, 3.8) is 0 Å². The predicted molar refractivity (Wildman–Crippen MR) is 37.3 cm³/mol. The predicted octanol–water partition coefficient (Wildman–Crippen LogP) is 0.0349. The van der Waals surface area contributed by atoms with E-state index in [-0.39, 0.29) is 0 Å². The number of rotatable bonds is 2. The van der Waals surface area contributed by atoms with E-state index in [1.54, 1.807) is 0 Å². The summed E-state index contributed by atoms with van der Waals surface area (Å²) in [5, 5.41) is 17.0. The first-order valence-corrected chi connectivity index (χ1v) is 2.46. The van der Waals surface area contributed by atoms with E-state index in [4.69, 9.17) is 16.9 Å². The maximum absolute atomic E-state index is 8.50. The van der Waals surface area contributed by atoms with Crippen molar-refractivity contribution in [1.82, 2.24) is 0 Å². The van der Waals surface area contributed by atoms with E-state index >= 15 is 0 Å². The van der Waals surface area contributed by atoms with E-state index in [2.05, 4.69) is 4.65 Å². The molecule has 0 aromatic heterocycles. The van der Waals surface area contributed by atoms with Gasteiger partial charge in [0.1, 0.15) is 5.75 Å². The fourth-order valence-corrected chi connectivity index (χ4v) is 0.403. The minimum absolute atomic E-state index is 0.565. The van der Waals surface area contributed by atoms with E-state index in [1.165, 1.54) is 0 Å². The average molecular weight is 143 g/mol. The Morgan fingerprint density at radius 3 is 2.40 bits per heavy atom. The van der Waals surface area contributed by atoms with E-state index in [9.17, 15) is 0 Å². The van der Waals surface area contributed by atoms with Crippen LogP contribution in [0.1, 0.15) is 6.85 Å². The van der Waals surface area contributed by atoms with Gasteiger partial charge in [-0.1, -0.05) is 18.1 Å². The quantitative estimate of drug-likeness (QED) is 0.574. The molecule has 0 unspecified atom stereocenters. The molecule has 0 aliphatic heterocycles. The molecule has 0 amide bonds. The van der Waals surface area contributed by atoms with Gasteiger partial charge in [0.15, 0.2) is 0 Å². The van der Waals surface area contributed by atoms with E-state index in [0.717, 1.165) is 0 Å². The molecule has 0 spiro atoms. The third kappa shape index (κ3) is 2.09. The molecule has 0 fully saturated rings. The van der Waals surface area contributed by atoms with Gasteiger partial charge in [-0.25, -0.2) is 0 Å². The molecule has 0 saturated heterocycles. The van der Waals surface area contributed by atoms with Crippen LogP contribution < -0.4 is 4.65 Å². The smallest absolute Gasteiger partial charge is 0.512 e. The molecule has 3 nitrogen and oxygen atoms in total. The van der Waals surface area contributed by atoms with Crippen LogP contribution in [0.2, 0.25) is 0 Å². The van der Waals surface area contributed by atoms with E-state index in [1.807, 2.05) is 0 Å². The average Bonchev–Trinajstić information content (AvgIpc) is 2.18. The topological polar surface area (TPSA) is 49.7 Å². The summed E-state index contributed by atoms with van der Waals surface area (Å²) in [4.78, 5) is 0. The maximum atomic E-state index is 8.50. The summed E-state index contributed by atoms with van der Waals surface area (Å²) in [6, 6.07) is -2.98. The van der Waals surface area contributed by atoms with Crippen LogP contribution in [0, 0.1) is 0 Å². The minimum Gasteiger partial charge on any atom is -0.512 e. The van der Waals surface area contributed by atoms with Crippen molar-refractivity contribution in [2.24, 2.45) is 0 Å². The van der Waals surface area contributed by atoms with Crippen molar-refractivity contribution >= 4 is 7.32 Å². The van der Waals surface area contributed by atoms with Crippen LogP contribution >= 0.6 is 0 Å². The monoisotopic (exact) mass is 143 g/mol. The normalized spacial score (nSPS) is 16.0. The molecule has 4 heteroatoms. The van der Waals surface area contributed by atoms with Crippen molar-refractivity contribution in [1.29, 1.82) is 0 Å². The molecule has 2 N–H and O–H groups in total. The Bertz CT molecular complexity index is 368. The summed E-state index contributed by atoms with van der Waals surface area (Å²) >= 11 is 0. The first kappa shape index (κ1) is 2.94. The lowest BCUT2D eigenvalue weighted by Gasteiger charge is -2.01. The lowest BCUT2D eigenvalue weighted by Crippen LogP contribution is -2.20. The Balaban J connectivity index is 3.39. The van der Waals surface area contributed by atoms with Crippen LogP contribution in [0.4, 0.5) is 0 Å². The standard InChI is InChI=1S/C6H7BO3/c8-7(9)10-6-4-2-1-3-5-6/h1-5,8-9H/i1D,2D,3D,4D,5D. The highest BCUT2D eigenvalue weighted by Crippen LogP contribution is 2.07. The minimum atomic E-state index is -2.23. The van der Waals surface area contributed by atoms with E-state index < -0.39 is 43.3 Å². The van der Waals surface area contributed by atoms with Gasteiger partial charge in [0.25, 0.3) is 0 Å². The fourth-order valence-electron chi connectivity index (χ4n) is 0.403. The molecular formula is C6H7BO3. The molecule has 0 aliphatic carbocycles. The second-order valence-corrected chi connectivity index (χ2v) is 1.40. The third-order valence-electron chi connectivity index (χ3n) is 0.700.